The lowest BCUT2D eigenvalue weighted by molar-refractivity contribution is -0.141. The predicted molar refractivity (Wildman–Crippen MR) is 60.0 cm³/mol. The minimum atomic E-state index is -0.760. The zero-order valence-corrected chi connectivity index (χ0v) is 10.0. The van der Waals surface area contributed by atoms with E-state index in [2.05, 4.69) is 10.6 Å². The number of carbonyl (C=O) groups excluding carboxylic acids is 1. The maximum atomic E-state index is 11.8. The van der Waals surface area contributed by atoms with Crippen molar-refractivity contribution in [3.63, 3.8) is 0 Å². The Balaban J connectivity index is 2.46. The Kier molecular flexibility index (Phi) is 3.91. The van der Waals surface area contributed by atoms with Crippen molar-refractivity contribution < 1.29 is 14.7 Å². The van der Waals surface area contributed by atoms with Crippen LogP contribution in [0.3, 0.4) is 0 Å². The van der Waals surface area contributed by atoms with Gasteiger partial charge in [-0.15, -0.1) is 0 Å². The molecule has 0 radical (unpaired) electrons. The average molecular weight is 228 g/mol. The number of carboxylic acids is 1. The second-order valence-electron chi connectivity index (χ2n) is 4.89. The summed E-state index contributed by atoms with van der Waals surface area (Å²) >= 11 is 0. The Hall–Kier alpha value is -1.10. The molecule has 0 bridgehead atoms. The number of amides is 1. The van der Waals surface area contributed by atoms with Gasteiger partial charge in [0.15, 0.2) is 0 Å². The topological polar surface area (TPSA) is 78.4 Å². The van der Waals surface area contributed by atoms with E-state index in [1.807, 2.05) is 0 Å². The summed E-state index contributed by atoms with van der Waals surface area (Å²) in [7, 11) is 1.73. The molecular formula is C11H20N2O3. The summed E-state index contributed by atoms with van der Waals surface area (Å²) in [6.45, 7) is 3.60. The van der Waals surface area contributed by atoms with Crippen molar-refractivity contribution in [1.29, 1.82) is 0 Å². The van der Waals surface area contributed by atoms with Gasteiger partial charge < -0.3 is 15.7 Å². The molecule has 3 N–H and O–H groups in total. The van der Waals surface area contributed by atoms with Crippen molar-refractivity contribution in [2.75, 3.05) is 7.05 Å². The number of carboxylic acid groups (broad SMARTS) is 1. The fourth-order valence-corrected chi connectivity index (χ4v) is 1.82. The minimum absolute atomic E-state index is 0.00113. The molecule has 0 aromatic rings. The molecule has 0 aromatic heterocycles. The molecule has 0 aliphatic heterocycles. The normalized spacial score (nSPS) is 25.4. The Bertz CT molecular complexity index is 289. The first-order chi connectivity index (χ1) is 7.36. The fraction of sp³-hybridized carbons (Fsp3) is 0.818. The quantitative estimate of drug-likeness (QED) is 0.649. The van der Waals surface area contributed by atoms with Gasteiger partial charge in [0.25, 0.3) is 0 Å². The zero-order valence-electron chi connectivity index (χ0n) is 10.0. The van der Waals surface area contributed by atoms with E-state index in [-0.39, 0.29) is 17.9 Å². The zero-order chi connectivity index (χ0) is 12.3. The van der Waals surface area contributed by atoms with Crippen molar-refractivity contribution in [1.82, 2.24) is 10.6 Å². The molecule has 0 aromatic carbocycles. The lowest BCUT2D eigenvalue weighted by Crippen LogP contribution is -2.53. The summed E-state index contributed by atoms with van der Waals surface area (Å²) in [5.74, 6) is -1.14. The highest BCUT2D eigenvalue weighted by atomic mass is 16.4. The molecule has 1 aliphatic carbocycles. The van der Waals surface area contributed by atoms with E-state index in [1.165, 1.54) is 0 Å². The van der Waals surface area contributed by atoms with Crippen molar-refractivity contribution in [3.05, 3.63) is 0 Å². The second-order valence-corrected chi connectivity index (χ2v) is 4.89. The third-order valence-electron chi connectivity index (χ3n) is 3.31. The highest BCUT2D eigenvalue weighted by Crippen LogP contribution is 2.25. The molecule has 0 saturated heterocycles. The van der Waals surface area contributed by atoms with E-state index in [0.29, 0.717) is 12.8 Å². The van der Waals surface area contributed by atoms with Crippen LogP contribution in [0.25, 0.3) is 0 Å². The maximum absolute atomic E-state index is 11.8. The molecule has 0 heterocycles. The Morgan fingerprint density at radius 3 is 2.38 bits per heavy atom. The lowest BCUT2D eigenvalue weighted by Gasteiger charge is -2.25. The molecule has 0 spiro atoms. The first-order valence-electron chi connectivity index (χ1n) is 5.59. The van der Waals surface area contributed by atoms with Gasteiger partial charge in [0.1, 0.15) is 0 Å². The summed E-state index contributed by atoms with van der Waals surface area (Å²) in [6, 6.07) is 0.00113. The van der Waals surface area contributed by atoms with Crippen molar-refractivity contribution >= 4 is 11.9 Å². The number of aliphatic carboxylic acids is 1. The molecule has 5 heteroatoms. The van der Waals surface area contributed by atoms with Crippen LogP contribution in [-0.4, -0.2) is 35.6 Å². The van der Waals surface area contributed by atoms with Crippen LogP contribution in [0.2, 0.25) is 0 Å². The molecule has 1 amide bonds. The van der Waals surface area contributed by atoms with E-state index < -0.39 is 11.5 Å². The van der Waals surface area contributed by atoms with Crippen molar-refractivity contribution in [2.45, 2.75) is 44.7 Å². The Labute approximate surface area is 95.6 Å². The average Bonchev–Trinajstić information content (AvgIpc) is 2.66. The van der Waals surface area contributed by atoms with E-state index in [4.69, 9.17) is 5.11 Å². The molecule has 1 rings (SSSR count). The molecule has 1 fully saturated rings. The highest BCUT2D eigenvalue weighted by Gasteiger charge is 2.33. The molecule has 16 heavy (non-hydrogen) atoms. The van der Waals surface area contributed by atoms with E-state index >= 15 is 0 Å². The molecular weight excluding hydrogens is 208 g/mol. The SMILES string of the molecule is CNC(C)(C)C(=O)N[C@H]1CC[C@@H](C(=O)O)C1. The number of hydrogen-bond acceptors (Lipinski definition) is 3. The lowest BCUT2D eigenvalue weighted by atomic mass is 10.0. The second kappa shape index (κ2) is 4.82. The van der Waals surface area contributed by atoms with Crippen LogP contribution in [0.1, 0.15) is 33.1 Å². The van der Waals surface area contributed by atoms with Gasteiger partial charge in [0, 0.05) is 6.04 Å². The summed E-state index contributed by atoms with van der Waals surface area (Å²) in [5, 5.41) is 14.7. The van der Waals surface area contributed by atoms with Crippen LogP contribution in [0.15, 0.2) is 0 Å². The maximum Gasteiger partial charge on any atom is 0.306 e. The minimum Gasteiger partial charge on any atom is -0.481 e. The van der Waals surface area contributed by atoms with Crippen LogP contribution in [0, 0.1) is 5.92 Å². The first kappa shape index (κ1) is 13.0. The Morgan fingerprint density at radius 1 is 1.31 bits per heavy atom. The monoisotopic (exact) mass is 228 g/mol. The number of hydrogen-bond donors (Lipinski definition) is 3. The standard InChI is InChI=1S/C11H20N2O3/c1-11(2,12-3)10(16)13-8-5-4-7(6-8)9(14)15/h7-8,12H,4-6H2,1-3H3,(H,13,16)(H,14,15)/t7-,8+/m1/s1. The molecule has 1 aliphatic rings. The summed E-state index contributed by atoms with van der Waals surface area (Å²) in [6.07, 6.45) is 1.95. The third kappa shape index (κ3) is 2.95. The van der Waals surface area contributed by atoms with Gasteiger partial charge in [-0.3, -0.25) is 9.59 Å². The van der Waals surface area contributed by atoms with Gasteiger partial charge in [-0.05, 0) is 40.2 Å². The van der Waals surface area contributed by atoms with Gasteiger partial charge in [0.05, 0.1) is 11.5 Å². The van der Waals surface area contributed by atoms with Crippen molar-refractivity contribution in [3.8, 4) is 0 Å². The largest absolute Gasteiger partial charge is 0.481 e. The molecule has 0 unspecified atom stereocenters. The first-order valence-corrected chi connectivity index (χ1v) is 5.59. The van der Waals surface area contributed by atoms with E-state index in [9.17, 15) is 9.59 Å². The van der Waals surface area contributed by atoms with Crippen LogP contribution in [0.5, 0.6) is 0 Å². The number of likely N-dealkylation sites (N-methyl/N-ethyl adjacent to an activating group) is 1. The van der Waals surface area contributed by atoms with Gasteiger partial charge in [-0.1, -0.05) is 0 Å². The number of carbonyl (C=O) groups is 2. The van der Waals surface area contributed by atoms with Crippen LogP contribution < -0.4 is 10.6 Å². The van der Waals surface area contributed by atoms with Gasteiger partial charge in [0.2, 0.25) is 5.91 Å². The number of rotatable bonds is 4. The van der Waals surface area contributed by atoms with Crippen molar-refractivity contribution in [2.24, 2.45) is 5.92 Å². The molecule has 5 nitrogen and oxygen atoms in total. The Morgan fingerprint density at radius 2 is 1.94 bits per heavy atom. The van der Waals surface area contributed by atoms with Crippen LogP contribution >= 0.6 is 0 Å². The molecule has 92 valence electrons. The highest BCUT2D eigenvalue weighted by molar-refractivity contribution is 5.85. The van der Waals surface area contributed by atoms with Crippen LogP contribution in [-0.2, 0) is 9.59 Å². The van der Waals surface area contributed by atoms with Gasteiger partial charge in [-0.25, -0.2) is 0 Å². The van der Waals surface area contributed by atoms with E-state index in [1.54, 1.807) is 20.9 Å². The fourth-order valence-electron chi connectivity index (χ4n) is 1.82. The van der Waals surface area contributed by atoms with Gasteiger partial charge >= 0.3 is 5.97 Å². The smallest absolute Gasteiger partial charge is 0.306 e. The van der Waals surface area contributed by atoms with Crippen LogP contribution in [0.4, 0.5) is 0 Å². The van der Waals surface area contributed by atoms with Gasteiger partial charge in [-0.2, -0.15) is 0 Å². The summed E-state index contributed by atoms with van der Waals surface area (Å²) < 4.78 is 0. The summed E-state index contributed by atoms with van der Waals surface area (Å²) in [4.78, 5) is 22.6. The summed E-state index contributed by atoms with van der Waals surface area (Å²) in [5.41, 5.74) is -0.610. The van der Waals surface area contributed by atoms with E-state index in [0.717, 1.165) is 6.42 Å². The number of nitrogens with one attached hydrogen (secondary N) is 2. The predicted octanol–water partition coefficient (Wildman–Crippen LogP) is 0.354. The molecule has 2 atom stereocenters. The molecule has 1 saturated carbocycles. The third-order valence-corrected chi connectivity index (χ3v) is 3.31.